The van der Waals surface area contributed by atoms with Gasteiger partial charge in [-0.25, -0.2) is 0 Å². The van der Waals surface area contributed by atoms with Gasteiger partial charge in [0, 0.05) is 0 Å². The van der Waals surface area contributed by atoms with Gasteiger partial charge in [-0.2, -0.15) is 0 Å². The molecule has 1 spiro atoms. The maximum absolute atomic E-state index is 13.1. The fraction of sp³-hybridized carbons (Fsp3) is 0.632. The van der Waals surface area contributed by atoms with Crippen LogP contribution in [-0.4, -0.2) is 22.5 Å². The topological polar surface area (TPSA) is 32.3 Å². The maximum atomic E-state index is 13.1. The molecule has 0 aromatic heterocycles. The van der Waals surface area contributed by atoms with E-state index in [0.29, 0.717) is 5.92 Å². The molecule has 120 valence electrons. The first-order valence-electron chi connectivity index (χ1n) is 8.71. The summed E-state index contributed by atoms with van der Waals surface area (Å²) in [5.41, 5.74) is 1.10. The Morgan fingerprint density at radius 2 is 1.73 bits per heavy atom. The Bertz CT molecular complexity index is 519. The lowest BCUT2D eigenvalue weighted by Gasteiger charge is -2.44. The van der Waals surface area contributed by atoms with Gasteiger partial charge in [0.2, 0.25) is 5.91 Å². The Morgan fingerprint density at radius 3 is 2.32 bits per heavy atom. The number of nitrogens with zero attached hydrogens (tertiary/aromatic N) is 1. The summed E-state index contributed by atoms with van der Waals surface area (Å²) in [5.74, 6) is 0.618. The molecule has 0 radical (unpaired) electrons. The van der Waals surface area contributed by atoms with E-state index < -0.39 is 0 Å². The number of benzene rings is 1. The molecule has 1 amide bonds. The lowest BCUT2D eigenvalue weighted by Crippen LogP contribution is -2.54. The Balaban J connectivity index is 1.95. The zero-order valence-corrected chi connectivity index (χ0v) is 14.0. The van der Waals surface area contributed by atoms with Crippen LogP contribution in [0.1, 0.15) is 64.5 Å². The van der Waals surface area contributed by atoms with Crippen LogP contribution in [0.25, 0.3) is 0 Å². The molecule has 2 aliphatic rings. The second kappa shape index (κ2) is 6.04. The van der Waals surface area contributed by atoms with Gasteiger partial charge in [0.05, 0.1) is 17.7 Å². The van der Waals surface area contributed by atoms with Crippen molar-refractivity contribution >= 4 is 5.91 Å². The zero-order chi connectivity index (χ0) is 15.7. The Morgan fingerprint density at radius 1 is 1.09 bits per heavy atom. The summed E-state index contributed by atoms with van der Waals surface area (Å²) < 4.78 is 0. The van der Waals surface area contributed by atoms with Crippen molar-refractivity contribution in [1.29, 1.82) is 0 Å². The number of hydrogen-bond donors (Lipinski definition) is 1. The first-order valence-corrected chi connectivity index (χ1v) is 8.71. The normalized spacial score (nSPS) is 25.9. The molecular formula is C19H28N2O. The molecule has 3 nitrogen and oxygen atoms in total. The van der Waals surface area contributed by atoms with E-state index in [1.807, 2.05) is 6.07 Å². The Hall–Kier alpha value is -1.35. The number of amides is 1. The summed E-state index contributed by atoms with van der Waals surface area (Å²) in [4.78, 5) is 15.3. The monoisotopic (exact) mass is 300 g/mol. The van der Waals surface area contributed by atoms with Crippen LogP contribution in [-0.2, 0) is 4.79 Å². The molecule has 1 N–H and O–H groups in total. The van der Waals surface area contributed by atoms with Crippen LogP contribution in [0, 0.1) is 5.92 Å². The van der Waals surface area contributed by atoms with Crippen LogP contribution < -0.4 is 5.32 Å². The van der Waals surface area contributed by atoms with Gasteiger partial charge in [0.1, 0.15) is 0 Å². The van der Waals surface area contributed by atoms with E-state index in [0.717, 1.165) is 12.8 Å². The zero-order valence-electron chi connectivity index (χ0n) is 14.0. The summed E-state index contributed by atoms with van der Waals surface area (Å²) >= 11 is 0. The van der Waals surface area contributed by atoms with Crippen molar-refractivity contribution < 1.29 is 4.79 Å². The third-order valence-electron chi connectivity index (χ3n) is 5.41. The highest BCUT2D eigenvalue weighted by atomic mass is 16.2. The van der Waals surface area contributed by atoms with E-state index >= 15 is 0 Å². The predicted molar refractivity (Wildman–Crippen MR) is 89.3 cm³/mol. The number of nitrogens with one attached hydrogen (secondary N) is 1. The predicted octanol–water partition coefficient (Wildman–Crippen LogP) is 3.86. The van der Waals surface area contributed by atoms with Gasteiger partial charge in [-0.15, -0.1) is 0 Å². The number of hydrogen-bond acceptors (Lipinski definition) is 2. The van der Waals surface area contributed by atoms with E-state index in [4.69, 9.17) is 0 Å². The second-order valence-electron chi connectivity index (χ2n) is 7.25. The maximum Gasteiger partial charge on any atom is 0.242 e. The lowest BCUT2D eigenvalue weighted by atomic mass is 9.87. The van der Waals surface area contributed by atoms with Crippen molar-refractivity contribution in [1.82, 2.24) is 10.2 Å². The minimum Gasteiger partial charge on any atom is -0.316 e. The molecule has 1 aliphatic carbocycles. The van der Waals surface area contributed by atoms with Crippen LogP contribution in [0.2, 0.25) is 0 Å². The van der Waals surface area contributed by atoms with Gasteiger partial charge in [-0.05, 0) is 44.1 Å². The molecular weight excluding hydrogens is 272 g/mol. The van der Waals surface area contributed by atoms with Gasteiger partial charge in [0.15, 0.2) is 0 Å². The Labute approximate surface area is 134 Å². The first kappa shape index (κ1) is 15.5. The molecule has 1 saturated carbocycles. The average molecular weight is 300 g/mol. The molecule has 1 heterocycles. The van der Waals surface area contributed by atoms with Crippen molar-refractivity contribution in [2.24, 2.45) is 5.92 Å². The third-order valence-corrected chi connectivity index (χ3v) is 5.41. The van der Waals surface area contributed by atoms with Gasteiger partial charge in [-0.1, -0.05) is 50.6 Å². The summed E-state index contributed by atoms with van der Waals surface area (Å²) in [5, 5.41) is 3.73. The van der Waals surface area contributed by atoms with E-state index in [1.54, 1.807) is 0 Å². The number of rotatable bonds is 3. The Kier molecular flexibility index (Phi) is 4.26. The van der Waals surface area contributed by atoms with Crippen molar-refractivity contribution in [2.45, 2.75) is 70.6 Å². The first-order chi connectivity index (χ1) is 10.6. The summed E-state index contributed by atoms with van der Waals surface area (Å²) in [6, 6.07) is 10.5. The number of carbonyl (C=O) groups excluding carboxylic acids is 1. The van der Waals surface area contributed by atoms with Crippen molar-refractivity contribution in [3.05, 3.63) is 35.9 Å². The molecule has 1 aliphatic heterocycles. The SMILES string of the molecule is CC(C)[C@@H]1NC2(CCCCC2)N([C@H](C)c2ccccc2)C1=O. The van der Waals surface area contributed by atoms with Crippen molar-refractivity contribution in [3.8, 4) is 0 Å². The van der Waals surface area contributed by atoms with Crippen molar-refractivity contribution in [3.63, 3.8) is 0 Å². The molecule has 3 rings (SSSR count). The van der Waals surface area contributed by atoms with Gasteiger partial charge >= 0.3 is 0 Å². The third kappa shape index (κ3) is 2.56. The van der Waals surface area contributed by atoms with E-state index in [1.165, 1.54) is 24.8 Å². The summed E-state index contributed by atoms with van der Waals surface area (Å²) in [6.07, 6.45) is 5.88. The highest BCUT2D eigenvalue weighted by Gasteiger charge is 2.52. The molecule has 1 aromatic rings. The molecule has 0 unspecified atom stereocenters. The summed E-state index contributed by atoms with van der Waals surface area (Å²) in [6.45, 7) is 6.46. The molecule has 3 heteroatoms. The lowest BCUT2D eigenvalue weighted by molar-refractivity contribution is -0.136. The van der Waals surface area contributed by atoms with Gasteiger partial charge in [-0.3, -0.25) is 10.1 Å². The molecule has 1 saturated heterocycles. The second-order valence-corrected chi connectivity index (χ2v) is 7.25. The summed E-state index contributed by atoms with van der Waals surface area (Å²) in [7, 11) is 0. The smallest absolute Gasteiger partial charge is 0.242 e. The molecule has 2 fully saturated rings. The minimum atomic E-state index is -0.125. The quantitative estimate of drug-likeness (QED) is 0.919. The van der Waals surface area contributed by atoms with E-state index in [-0.39, 0.29) is 23.7 Å². The molecule has 22 heavy (non-hydrogen) atoms. The average Bonchev–Trinajstić information content (AvgIpc) is 2.81. The van der Waals surface area contributed by atoms with Crippen molar-refractivity contribution in [2.75, 3.05) is 0 Å². The standard InChI is InChI=1S/C19H28N2O/c1-14(2)17-18(22)21(15(3)16-10-6-4-7-11-16)19(20-17)12-8-5-9-13-19/h4,6-7,10-11,14-15,17,20H,5,8-9,12-13H2,1-3H3/t15-,17+/m1/s1. The molecule has 2 atom stereocenters. The van der Waals surface area contributed by atoms with Crippen LogP contribution in [0.4, 0.5) is 0 Å². The number of carbonyl (C=O) groups is 1. The van der Waals surface area contributed by atoms with Crippen LogP contribution >= 0.6 is 0 Å². The minimum absolute atomic E-state index is 0.0377. The van der Waals surface area contributed by atoms with Crippen LogP contribution in [0.5, 0.6) is 0 Å². The highest BCUT2D eigenvalue weighted by Crippen LogP contribution is 2.42. The highest BCUT2D eigenvalue weighted by molar-refractivity contribution is 5.86. The van der Waals surface area contributed by atoms with Gasteiger partial charge in [0.25, 0.3) is 0 Å². The fourth-order valence-corrected chi connectivity index (χ4v) is 4.20. The van der Waals surface area contributed by atoms with E-state index in [2.05, 4.69) is 55.3 Å². The fourth-order valence-electron chi connectivity index (χ4n) is 4.20. The van der Waals surface area contributed by atoms with Gasteiger partial charge < -0.3 is 4.90 Å². The molecule has 1 aromatic carbocycles. The van der Waals surface area contributed by atoms with Crippen LogP contribution in [0.3, 0.4) is 0 Å². The van der Waals surface area contributed by atoms with E-state index in [9.17, 15) is 4.79 Å². The van der Waals surface area contributed by atoms with Crippen LogP contribution in [0.15, 0.2) is 30.3 Å². The molecule has 0 bridgehead atoms. The largest absolute Gasteiger partial charge is 0.316 e.